The monoisotopic (exact) mass is 463 g/mol. The van der Waals surface area contributed by atoms with Gasteiger partial charge in [-0.15, -0.1) is 0 Å². The highest BCUT2D eigenvalue weighted by Crippen LogP contribution is 2.28. The molecule has 1 aliphatic heterocycles. The van der Waals surface area contributed by atoms with Crippen molar-refractivity contribution in [2.75, 3.05) is 40.0 Å². The first-order valence-corrected chi connectivity index (χ1v) is 11.4. The van der Waals surface area contributed by atoms with E-state index in [0.717, 1.165) is 0 Å². The normalized spacial score (nSPS) is 14.0. The zero-order valence-corrected chi connectivity index (χ0v) is 18.4. The van der Waals surface area contributed by atoms with E-state index in [9.17, 15) is 18.0 Å². The summed E-state index contributed by atoms with van der Waals surface area (Å²) < 4.78 is 38.7. The van der Waals surface area contributed by atoms with Gasteiger partial charge in [0.15, 0.2) is 18.1 Å². The Hall–Kier alpha value is -3.15. The van der Waals surface area contributed by atoms with E-state index in [2.05, 4.69) is 5.32 Å². The standard InChI is InChI=1S/C21H25N3O7S/c1-29-19-12-16(4-7-18(19)31-14-20(25)24-8-10-30-11-9-24)21(26)23-13-15-2-5-17(6-3-15)32(22,27)28/h2-7,12H,8-11,13-14H2,1H3,(H,23,26)(H2,22,27,28). The van der Waals surface area contributed by atoms with Crippen LogP contribution in [0.5, 0.6) is 11.5 Å². The van der Waals surface area contributed by atoms with Crippen LogP contribution >= 0.6 is 0 Å². The van der Waals surface area contributed by atoms with Crippen molar-refractivity contribution in [1.29, 1.82) is 0 Å². The van der Waals surface area contributed by atoms with Crippen molar-refractivity contribution >= 4 is 21.8 Å². The van der Waals surface area contributed by atoms with Crippen molar-refractivity contribution in [3.8, 4) is 11.5 Å². The summed E-state index contributed by atoms with van der Waals surface area (Å²) in [7, 11) is -2.32. The van der Waals surface area contributed by atoms with E-state index >= 15 is 0 Å². The van der Waals surface area contributed by atoms with Gasteiger partial charge in [-0.05, 0) is 35.9 Å². The molecule has 1 heterocycles. The van der Waals surface area contributed by atoms with Crippen LogP contribution in [0.3, 0.4) is 0 Å². The number of nitrogens with zero attached hydrogens (tertiary/aromatic N) is 1. The van der Waals surface area contributed by atoms with Crippen molar-refractivity contribution in [2.45, 2.75) is 11.4 Å². The predicted molar refractivity (Wildman–Crippen MR) is 115 cm³/mol. The lowest BCUT2D eigenvalue weighted by Crippen LogP contribution is -2.43. The number of ether oxygens (including phenoxy) is 3. The number of carbonyl (C=O) groups is 2. The summed E-state index contributed by atoms with van der Waals surface area (Å²) in [6.45, 7) is 2.13. The third kappa shape index (κ3) is 6.19. The van der Waals surface area contributed by atoms with Crippen LogP contribution in [0, 0.1) is 0 Å². The molecule has 0 radical (unpaired) electrons. The summed E-state index contributed by atoms with van der Waals surface area (Å²) in [5.74, 6) is 0.176. The lowest BCUT2D eigenvalue weighted by Gasteiger charge is -2.26. The van der Waals surface area contributed by atoms with Crippen LogP contribution in [0.2, 0.25) is 0 Å². The zero-order valence-electron chi connectivity index (χ0n) is 17.6. The van der Waals surface area contributed by atoms with Crippen molar-refractivity contribution in [3.05, 3.63) is 53.6 Å². The van der Waals surface area contributed by atoms with Gasteiger partial charge < -0.3 is 24.4 Å². The molecule has 0 atom stereocenters. The van der Waals surface area contributed by atoms with E-state index in [1.165, 1.54) is 25.3 Å². The molecule has 2 aromatic carbocycles. The number of nitrogens with one attached hydrogen (secondary N) is 1. The van der Waals surface area contributed by atoms with E-state index in [1.807, 2.05) is 0 Å². The van der Waals surface area contributed by atoms with Crippen LogP contribution in [-0.4, -0.2) is 65.2 Å². The molecule has 0 aliphatic carbocycles. The summed E-state index contributed by atoms with van der Waals surface area (Å²) in [5, 5.41) is 7.82. The number of primary sulfonamides is 1. The zero-order chi connectivity index (χ0) is 23.1. The fraction of sp³-hybridized carbons (Fsp3) is 0.333. The molecule has 3 N–H and O–H groups in total. The summed E-state index contributed by atoms with van der Waals surface area (Å²) >= 11 is 0. The van der Waals surface area contributed by atoms with E-state index in [-0.39, 0.29) is 29.9 Å². The Morgan fingerprint density at radius 2 is 1.78 bits per heavy atom. The Labute approximate surface area is 186 Å². The number of methoxy groups -OCH3 is 1. The third-order valence-electron chi connectivity index (χ3n) is 4.85. The molecule has 1 saturated heterocycles. The molecule has 0 aromatic heterocycles. The van der Waals surface area contributed by atoms with Gasteiger partial charge in [-0.2, -0.15) is 0 Å². The van der Waals surface area contributed by atoms with Gasteiger partial charge in [0.25, 0.3) is 11.8 Å². The third-order valence-corrected chi connectivity index (χ3v) is 5.77. The van der Waals surface area contributed by atoms with Gasteiger partial charge in [0.2, 0.25) is 10.0 Å². The Morgan fingerprint density at radius 1 is 1.09 bits per heavy atom. The van der Waals surface area contributed by atoms with Crippen LogP contribution in [0.25, 0.3) is 0 Å². The van der Waals surface area contributed by atoms with Gasteiger partial charge in [-0.1, -0.05) is 12.1 Å². The smallest absolute Gasteiger partial charge is 0.260 e. The van der Waals surface area contributed by atoms with Crippen LogP contribution in [0.4, 0.5) is 0 Å². The number of nitrogens with two attached hydrogens (primary N) is 1. The molecule has 0 spiro atoms. The number of hydrogen-bond acceptors (Lipinski definition) is 7. The maximum Gasteiger partial charge on any atom is 0.260 e. The van der Waals surface area contributed by atoms with Crippen molar-refractivity contribution in [1.82, 2.24) is 10.2 Å². The number of sulfonamides is 1. The molecule has 2 amide bonds. The second-order valence-electron chi connectivity index (χ2n) is 7.02. The number of benzene rings is 2. The van der Waals surface area contributed by atoms with Gasteiger partial charge in [0.1, 0.15) is 0 Å². The first kappa shape index (κ1) is 23.5. The summed E-state index contributed by atoms with van der Waals surface area (Å²) in [6, 6.07) is 10.6. The number of morpholine rings is 1. The second-order valence-corrected chi connectivity index (χ2v) is 8.58. The highest BCUT2D eigenvalue weighted by molar-refractivity contribution is 7.89. The topological polar surface area (TPSA) is 137 Å². The average molecular weight is 464 g/mol. The summed E-state index contributed by atoms with van der Waals surface area (Å²) in [5.41, 5.74) is 1.05. The molecule has 11 heteroatoms. The predicted octanol–water partition coefficient (Wildman–Crippen LogP) is 0.510. The highest BCUT2D eigenvalue weighted by atomic mass is 32.2. The van der Waals surface area contributed by atoms with Crippen LogP contribution in [0.15, 0.2) is 47.4 Å². The molecular formula is C21H25N3O7S. The minimum Gasteiger partial charge on any atom is -0.493 e. The van der Waals surface area contributed by atoms with E-state index in [1.54, 1.807) is 29.2 Å². The second kappa shape index (κ2) is 10.4. The summed E-state index contributed by atoms with van der Waals surface area (Å²) in [6.07, 6.45) is 0. The molecule has 10 nitrogen and oxygen atoms in total. The molecule has 0 unspecified atom stereocenters. The fourth-order valence-corrected chi connectivity index (χ4v) is 3.57. The lowest BCUT2D eigenvalue weighted by atomic mass is 10.1. The van der Waals surface area contributed by atoms with Crippen LogP contribution in [0.1, 0.15) is 15.9 Å². The molecule has 2 aromatic rings. The maximum absolute atomic E-state index is 12.5. The minimum absolute atomic E-state index is 0.00000313. The number of hydrogen-bond donors (Lipinski definition) is 2. The van der Waals surface area contributed by atoms with Crippen molar-refractivity contribution in [2.24, 2.45) is 5.14 Å². The molecule has 0 saturated carbocycles. The molecule has 1 aliphatic rings. The molecule has 1 fully saturated rings. The fourth-order valence-electron chi connectivity index (χ4n) is 3.05. The number of amides is 2. The van der Waals surface area contributed by atoms with E-state index in [0.29, 0.717) is 48.9 Å². The largest absolute Gasteiger partial charge is 0.493 e. The Morgan fingerprint density at radius 3 is 2.41 bits per heavy atom. The van der Waals surface area contributed by atoms with Gasteiger partial charge in [0.05, 0.1) is 25.2 Å². The first-order chi connectivity index (χ1) is 15.3. The maximum atomic E-state index is 12.5. The van der Waals surface area contributed by atoms with Gasteiger partial charge in [0, 0.05) is 25.2 Å². The average Bonchev–Trinajstić information content (AvgIpc) is 2.81. The number of rotatable bonds is 8. The quantitative estimate of drug-likeness (QED) is 0.582. The minimum atomic E-state index is -3.76. The van der Waals surface area contributed by atoms with E-state index < -0.39 is 10.0 Å². The summed E-state index contributed by atoms with van der Waals surface area (Å²) in [4.78, 5) is 26.4. The Bertz CT molecular complexity index is 1070. The number of carbonyl (C=O) groups excluding carboxylic acids is 2. The van der Waals surface area contributed by atoms with Crippen LogP contribution < -0.4 is 19.9 Å². The molecule has 3 rings (SSSR count). The first-order valence-electron chi connectivity index (χ1n) is 9.84. The SMILES string of the molecule is COc1cc(C(=O)NCc2ccc(S(N)(=O)=O)cc2)ccc1OCC(=O)N1CCOCC1. The molecule has 172 valence electrons. The van der Waals surface area contributed by atoms with Gasteiger partial charge in [-0.25, -0.2) is 13.6 Å². The van der Waals surface area contributed by atoms with Gasteiger partial charge in [-0.3, -0.25) is 9.59 Å². The van der Waals surface area contributed by atoms with Crippen LogP contribution in [-0.2, 0) is 26.1 Å². The van der Waals surface area contributed by atoms with Gasteiger partial charge >= 0.3 is 0 Å². The van der Waals surface area contributed by atoms with Crippen molar-refractivity contribution < 1.29 is 32.2 Å². The molecule has 0 bridgehead atoms. The Balaban J connectivity index is 1.58. The van der Waals surface area contributed by atoms with Crippen molar-refractivity contribution in [3.63, 3.8) is 0 Å². The highest BCUT2D eigenvalue weighted by Gasteiger charge is 2.18. The van der Waals surface area contributed by atoms with E-state index in [4.69, 9.17) is 19.3 Å². The molecule has 32 heavy (non-hydrogen) atoms. The lowest BCUT2D eigenvalue weighted by molar-refractivity contribution is -0.137. The molecular weight excluding hydrogens is 438 g/mol. The Kier molecular flexibility index (Phi) is 7.67.